The minimum absolute atomic E-state index is 0.125. The second-order valence-electron chi connectivity index (χ2n) is 8.93. The molecule has 0 bridgehead atoms. The monoisotopic (exact) mass is 513 g/mol. The topological polar surface area (TPSA) is 63.1 Å². The first-order valence-corrected chi connectivity index (χ1v) is 12.5. The number of rotatable bonds is 7. The van der Waals surface area contributed by atoms with Gasteiger partial charge in [0.1, 0.15) is 6.17 Å². The van der Waals surface area contributed by atoms with E-state index < -0.39 is 6.43 Å². The number of unbranched alkanes of at least 4 members (excludes halogenated alkanes) is 1. The molecule has 4 rings (SSSR count). The number of aromatic nitrogens is 3. The third-order valence-corrected chi connectivity index (χ3v) is 6.68. The Kier molecular flexibility index (Phi) is 8.16. The second-order valence-corrected chi connectivity index (χ2v) is 9.36. The van der Waals surface area contributed by atoms with Gasteiger partial charge in [0.05, 0.1) is 0 Å². The first-order valence-electron chi connectivity index (χ1n) is 12.1. The number of nitrogens with zero attached hydrogens (tertiary/aromatic N) is 4. The Bertz CT molecular complexity index is 1310. The van der Waals surface area contributed by atoms with E-state index in [4.69, 9.17) is 11.6 Å². The van der Waals surface area contributed by atoms with Gasteiger partial charge in [0.15, 0.2) is 5.82 Å². The van der Waals surface area contributed by atoms with E-state index in [0.29, 0.717) is 35.0 Å². The van der Waals surface area contributed by atoms with Crippen LogP contribution in [0.5, 0.6) is 0 Å². The zero-order chi connectivity index (χ0) is 25.8. The Morgan fingerprint density at radius 1 is 1.36 bits per heavy atom. The van der Waals surface area contributed by atoms with Crippen molar-refractivity contribution in [1.82, 2.24) is 19.5 Å². The molecule has 0 saturated heterocycles. The van der Waals surface area contributed by atoms with Gasteiger partial charge in [-0.2, -0.15) is 0 Å². The molecular weight excluding hydrogens is 484 g/mol. The van der Waals surface area contributed by atoms with E-state index in [0.717, 1.165) is 36.2 Å². The molecule has 0 fully saturated rings. The van der Waals surface area contributed by atoms with Crippen LogP contribution in [-0.2, 0) is 13.0 Å². The quantitative estimate of drug-likeness (QED) is 0.495. The summed E-state index contributed by atoms with van der Waals surface area (Å²) in [5, 5.41) is 0.305. The molecule has 36 heavy (non-hydrogen) atoms. The van der Waals surface area contributed by atoms with E-state index in [1.165, 1.54) is 23.0 Å². The summed E-state index contributed by atoms with van der Waals surface area (Å²) >= 11 is 6.23. The fraction of sp³-hybridized carbons (Fsp3) is 0.370. The lowest BCUT2D eigenvalue weighted by atomic mass is 9.94. The number of halogens is 3. The summed E-state index contributed by atoms with van der Waals surface area (Å²) in [6.45, 7) is 7.04. The zero-order valence-electron chi connectivity index (χ0n) is 20.6. The minimum atomic E-state index is -2.68. The van der Waals surface area contributed by atoms with Crippen LogP contribution in [0.2, 0.25) is 0 Å². The van der Waals surface area contributed by atoms with Crippen LogP contribution in [0.1, 0.15) is 56.3 Å². The summed E-state index contributed by atoms with van der Waals surface area (Å²) in [6.07, 6.45) is 9.30. The highest BCUT2D eigenvalue weighted by Crippen LogP contribution is 2.32. The van der Waals surface area contributed by atoms with E-state index in [1.54, 1.807) is 25.3 Å². The molecule has 0 aliphatic carbocycles. The van der Waals surface area contributed by atoms with Gasteiger partial charge >= 0.3 is 0 Å². The lowest BCUT2D eigenvalue weighted by Crippen LogP contribution is -2.51. The van der Waals surface area contributed by atoms with Crippen molar-refractivity contribution in [3.63, 3.8) is 0 Å². The van der Waals surface area contributed by atoms with Crippen LogP contribution in [0.25, 0.3) is 11.6 Å². The number of pyridine rings is 1. The summed E-state index contributed by atoms with van der Waals surface area (Å²) in [6, 6.07) is 3.35. The Morgan fingerprint density at radius 3 is 2.89 bits per heavy atom. The molecule has 2 aromatic heterocycles. The van der Waals surface area contributed by atoms with Crippen LogP contribution in [0.3, 0.4) is 0 Å². The standard InChI is InChI=1S/C27H30ClF2N5O/c1-4-6-7-20(28)14-22(26(29)30)21(5-2)18-13-19-16-34(11-9-23(19)32-15-18)27-17(3)12-24-31-10-8-25(36)35(24)33-27/h5,7-8,10,12-15,26-27,33H,4,6,9,11,16H2,1-3H3/b20-7-,21-5-,22-14+. The summed E-state index contributed by atoms with van der Waals surface area (Å²) in [4.78, 5) is 23.4. The molecule has 9 heteroatoms. The van der Waals surface area contributed by atoms with E-state index in [-0.39, 0.29) is 17.3 Å². The number of hydrogen-bond acceptors (Lipinski definition) is 5. The molecule has 0 spiro atoms. The number of nitrogens with one attached hydrogen (secondary N) is 1. The summed E-state index contributed by atoms with van der Waals surface area (Å²) < 4.78 is 29.6. The van der Waals surface area contributed by atoms with Crippen LogP contribution in [0.4, 0.5) is 8.78 Å². The first-order chi connectivity index (χ1) is 17.3. The molecule has 0 aromatic carbocycles. The van der Waals surface area contributed by atoms with Gasteiger partial charge in [-0.05, 0) is 55.2 Å². The van der Waals surface area contributed by atoms with Gasteiger partial charge in [-0.15, -0.1) is 0 Å². The fourth-order valence-electron chi connectivity index (χ4n) is 4.59. The number of alkyl halides is 2. The van der Waals surface area contributed by atoms with E-state index in [9.17, 15) is 13.6 Å². The normalized spacial score (nSPS) is 19.0. The van der Waals surface area contributed by atoms with E-state index in [2.05, 4.69) is 20.3 Å². The Labute approximate surface area is 214 Å². The minimum Gasteiger partial charge on any atom is -0.300 e. The van der Waals surface area contributed by atoms with E-state index >= 15 is 0 Å². The highest BCUT2D eigenvalue weighted by Gasteiger charge is 2.29. The molecular formula is C27H30ClF2N5O. The predicted molar refractivity (Wildman–Crippen MR) is 140 cm³/mol. The van der Waals surface area contributed by atoms with Crippen molar-refractivity contribution in [3.8, 4) is 0 Å². The van der Waals surface area contributed by atoms with Gasteiger partial charge in [-0.25, -0.2) is 18.4 Å². The summed E-state index contributed by atoms with van der Waals surface area (Å²) in [7, 11) is 0. The van der Waals surface area contributed by atoms with Gasteiger partial charge in [-0.3, -0.25) is 20.1 Å². The molecule has 2 aliphatic rings. The molecule has 1 atom stereocenters. The van der Waals surface area contributed by atoms with Crippen molar-refractivity contribution in [2.45, 2.75) is 59.2 Å². The average molecular weight is 514 g/mol. The van der Waals surface area contributed by atoms with Crippen LogP contribution >= 0.6 is 11.6 Å². The van der Waals surface area contributed by atoms with Gasteiger partial charge in [0.25, 0.3) is 12.0 Å². The SMILES string of the molecule is C\C=C(/C(=C\C(Cl)=C\CCC)C(F)F)c1cnc2c(c1)CN(C1Nn3c(nccc3=O)C=C1C)CC2. The van der Waals surface area contributed by atoms with Crippen molar-refractivity contribution >= 4 is 23.3 Å². The smallest absolute Gasteiger partial charge is 0.272 e. The van der Waals surface area contributed by atoms with Gasteiger partial charge in [-0.1, -0.05) is 37.1 Å². The molecule has 1 unspecified atom stereocenters. The second kappa shape index (κ2) is 11.3. The van der Waals surface area contributed by atoms with Crippen molar-refractivity contribution in [2.24, 2.45) is 0 Å². The molecule has 0 radical (unpaired) electrons. The van der Waals surface area contributed by atoms with Gasteiger partial charge in [0, 0.05) is 59.8 Å². The van der Waals surface area contributed by atoms with Crippen molar-refractivity contribution in [2.75, 3.05) is 12.0 Å². The molecule has 4 heterocycles. The van der Waals surface area contributed by atoms with Crippen molar-refractivity contribution < 1.29 is 8.78 Å². The Morgan fingerprint density at radius 2 is 2.17 bits per heavy atom. The third kappa shape index (κ3) is 5.50. The first kappa shape index (κ1) is 26.0. The average Bonchev–Trinajstić information content (AvgIpc) is 2.86. The molecule has 2 aliphatic heterocycles. The Hall–Kier alpha value is -3.10. The lowest BCUT2D eigenvalue weighted by Gasteiger charge is -2.38. The Balaban J connectivity index is 1.62. The molecule has 6 nitrogen and oxygen atoms in total. The molecule has 2 aromatic rings. The third-order valence-electron chi connectivity index (χ3n) is 6.41. The largest absolute Gasteiger partial charge is 0.300 e. The van der Waals surface area contributed by atoms with Crippen LogP contribution in [0, 0.1) is 0 Å². The maximum Gasteiger partial charge on any atom is 0.272 e. The maximum atomic E-state index is 14.1. The van der Waals surface area contributed by atoms with Gasteiger partial charge < -0.3 is 0 Å². The highest BCUT2D eigenvalue weighted by atomic mass is 35.5. The van der Waals surface area contributed by atoms with Crippen LogP contribution in [0.15, 0.2) is 63.7 Å². The maximum absolute atomic E-state index is 14.1. The fourth-order valence-corrected chi connectivity index (χ4v) is 4.82. The molecule has 1 N–H and O–H groups in total. The van der Waals surface area contributed by atoms with Crippen molar-refractivity contribution in [3.05, 3.63) is 91.9 Å². The zero-order valence-corrected chi connectivity index (χ0v) is 21.4. The molecule has 190 valence electrons. The van der Waals surface area contributed by atoms with E-state index in [1.807, 2.05) is 26.0 Å². The summed E-state index contributed by atoms with van der Waals surface area (Å²) in [5.74, 6) is 0.563. The number of allylic oxidation sites excluding steroid dienone is 6. The molecule has 0 saturated carbocycles. The van der Waals surface area contributed by atoms with Gasteiger partial charge in [0.2, 0.25) is 0 Å². The van der Waals surface area contributed by atoms with Crippen LogP contribution in [-0.4, -0.2) is 38.7 Å². The van der Waals surface area contributed by atoms with Crippen molar-refractivity contribution in [1.29, 1.82) is 0 Å². The summed E-state index contributed by atoms with van der Waals surface area (Å²) in [5.41, 5.74) is 6.97. The number of hydrogen-bond donors (Lipinski definition) is 1. The lowest BCUT2D eigenvalue weighted by molar-refractivity contribution is 0.195. The number of fused-ring (bicyclic) bond motifs is 2. The molecule has 0 amide bonds. The van der Waals surface area contributed by atoms with Crippen LogP contribution < -0.4 is 11.0 Å². The predicted octanol–water partition coefficient (Wildman–Crippen LogP) is 5.50. The highest BCUT2D eigenvalue weighted by molar-refractivity contribution is 6.31.